The predicted molar refractivity (Wildman–Crippen MR) is 107 cm³/mol. The Labute approximate surface area is 162 Å². The molecule has 0 bridgehead atoms. The normalized spacial score (nSPS) is 16.8. The zero-order valence-electron chi connectivity index (χ0n) is 14.8. The maximum absolute atomic E-state index is 12.6. The van der Waals surface area contributed by atoms with E-state index in [4.69, 9.17) is 0 Å². The first-order valence-electron chi connectivity index (χ1n) is 8.50. The van der Waals surface area contributed by atoms with Crippen LogP contribution < -0.4 is 10.6 Å². The number of hydrogen-bond acceptors (Lipinski definition) is 5. The van der Waals surface area contributed by atoms with E-state index in [1.807, 2.05) is 13.0 Å². The highest BCUT2D eigenvalue weighted by atomic mass is 32.2. The van der Waals surface area contributed by atoms with Gasteiger partial charge in [0.05, 0.1) is 16.3 Å². The van der Waals surface area contributed by atoms with Crippen LogP contribution in [0.5, 0.6) is 0 Å². The maximum Gasteiger partial charge on any atom is 0.228 e. The molecule has 2 N–H and O–H groups in total. The molecular formula is C19H20N2O4S2. The van der Waals surface area contributed by atoms with Crippen LogP contribution in [-0.4, -0.2) is 31.7 Å². The lowest BCUT2D eigenvalue weighted by atomic mass is 10.2. The summed E-state index contributed by atoms with van der Waals surface area (Å²) in [6.45, 7) is 1.83. The van der Waals surface area contributed by atoms with Crippen molar-refractivity contribution in [1.82, 2.24) is 0 Å². The van der Waals surface area contributed by atoms with Gasteiger partial charge in [0.25, 0.3) is 0 Å². The lowest BCUT2D eigenvalue weighted by molar-refractivity contribution is -0.118. The number of amides is 2. The highest BCUT2D eigenvalue weighted by Gasteiger charge is 2.23. The average molecular weight is 405 g/mol. The van der Waals surface area contributed by atoms with E-state index in [1.54, 1.807) is 30.3 Å². The molecule has 1 atom stereocenters. The third kappa shape index (κ3) is 4.90. The minimum absolute atomic E-state index is 0.101. The summed E-state index contributed by atoms with van der Waals surface area (Å²) in [7, 11) is -3.65. The van der Waals surface area contributed by atoms with E-state index in [-0.39, 0.29) is 34.8 Å². The molecule has 0 aromatic heterocycles. The van der Waals surface area contributed by atoms with Gasteiger partial charge in [-0.2, -0.15) is 0 Å². The minimum Gasteiger partial charge on any atom is -0.326 e. The predicted octanol–water partition coefficient (Wildman–Crippen LogP) is 3.17. The van der Waals surface area contributed by atoms with Gasteiger partial charge in [-0.25, -0.2) is 8.42 Å². The molecular weight excluding hydrogens is 384 g/mol. The van der Waals surface area contributed by atoms with E-state index in [2.05, 4.69) is 10.6 Å². The van der Waals surface area contributed by atoms with Gasteiger partial charge in [-0.1, -0.05) is 25.1 Å². The number of para-hydroxylation sites is 1. The number of carbonyl (C=O) groups is 2. The van der Waals surface area contributed by atoms with Gasteiger partial charge in [-0.05, 0) is 30.3 Å². The second-order valence-electron chi connectivity index (χ2n) is 6.34. The molecule has 2 aromatic carbocycles. The van der Waals surface area contributed by atoms with Crippen LogP contribution in [0.4, 0.5) is 11.4 Å². The Bertz CT molecular complexity index is 959. The van der Waals surface area contributed by atoms with Gasteiger partial charge in [-0.3, -0.25) is 9.59 Å². The lowest BCUT2D eigenvalue weighted by Crippen LogP contribution is -2.20. The smallest absolute Gasteiger partial charge is 0.228 e. The van der Waals surface area contributed by atoms with E-state index in [9.17, 15) is 18.0 Å². The van der Waals surface area contributed by atoms with Gasteiger partial charge in [0.1, 0.15) is 0 Å². The SMILES string of the molecule is CC1CSc2ccc(S(=O)(=O)CCC(=O)Nc3ccccc3)cc2NC1=O. The summed E-state index contributed by atoms with van der Waals surface area (Å²) in [4.78, 5) is 25.0. The molecule has 142 valence electrons. The van der Waals surface area contributed by atoms with Crippen LogP contribution in [0, 0.1) is 5.92 Å². The molecule has 1 aliphatic rings. The number of hydrogen-bond donors (Lipinski definition) is 2. The summed E-state index contributed by atoms with van der Waals surface area (Å²) < 4.78 is 25.2. The lowest BCUT2D eigenvalue weighted by Gasteiger charge is -2.10. The highest BCUT2D eigenvalue weighted by Crippen LogP contribution is 2.34. The summed E-state index contributed by atoms with van der Waals surface area (Å²) in [5.41, 5.74) is 1.13. The summed E-state index contributed by atoms with van der Waals surface area (Å²) in [5.74, 6) is -0.300. The zero-order valence-corrected chi connectivity index (χ0v) is 16.4. The van der Waals surface area contributed by atoms with Crippen LogP contribution in [0.25, 0.3) is 0 Å². The molecule has 0 saturated carbocycles. The van der Waals surface area contributed by atoms with Gasteiger partial charge < -0.3 is 10.6 Å². The van der Waals surface area contributed by atoms with E-state index in [1.165, 1.54) is 23.9 Å². The molecule has 3 rings (SSSR count). The average Bonchev–Trinajstić information content (AvgIpc) is 2.79. The van der Waals surface area contributed by atoms with Crippen molar-refractivity contribution in [2.24, 2.45) is 5.92 Å². The Balaban J connectivity index is 1.69. The Morgan fingerprint density at radius 3 is 2.70 bits per heavy atom. The van der Waals surface area contributed by atoms with Gasteiger partial charge in [-0.15, -0.1) is 11.8 Å². The van der Waals surface area contributed by atoms with Crippen molar-refractivity contribution in [3.63, 3.8) is 0 Å². The molecule has 0 spiro atoms. The quantitative estimate of drug-likeness (QED) is 0.799. The monoisotopic (exact) mass is 404 g/mol. The molecule has 0 saturated heterocycles. The Morgan fingerprint density at radius 1 is 1.22 bits per heavy atom. The zero-order chi connectivity index (χ0) is 19.4. The molecule has 0 fully saturated rings. The molecule has 27 heavy (non-hydrogen) atoms. The highest BCUT2D eigenvalue weighted by molar-refractivity contribution is 7.99. The first-order chi connectivity index (χ1) is 12.8. The van der Waals surface area contributed by atoms with Crippen molar-refractivity contribution < 1.29 is 18.0 Å². The fourth-order valence-electron chi connectivity index (χ4n) is 2.56. The number of benzene rings is 2. The summed E-state index contributed by atoms with van der Waals surface area (Å²) in [6, 6.07) is 13.6. The number of anilines is 2. The van der Waals surface area contributed by atoms with Crippen LogP contribution in [0.3, 0.4) is 0 Å². The van der Waals surface area contributed by atoms with E-state index in [0.29, 0.717) is 17.1 Å². The van der Waals surface area contributed by atoms with Gasteiger partial charge in [0.15, 0.2) is 9.84 Å². The van der Waals surface area contributed by atoms with Crippen molar-refractivity contribution in [3.8, 4) is 0 Å². The van der Waals surface area contributed by atoms with Gasteiger partial charge >= 0.3 is 0 Å². The first-order valence-corrected chi connectivity index (χ1v) is 11.1. The largest absolute Gasteiger partial charge is 0.326 e. The van der Waals surface area contributed by atoms with Crippen LogP contribution in [0.1, 0.15) is 13.3 Å². The third-order valence-electron chi connectivity index (χ3n) is 4.16. The Hall–Kier alpha value is -2.32. The number of fused-ring (bicyclic) bond motifs is 1. The molecule has 0 aliphatic carbocycles. The van der Waals surface area contributed by atoms with E-state index in [0.717, 1.165) is 4.90 Å². The molecule has 1 unspecified atom stereocenters. The fraction of sp³-hybridized carbons (Fsp3) is 0.263. The molecule has 2 amide bonds. The molecule has 1 aliphatic heterocycles. The van der Waals surface area contributed by atoms with Crippen molar-refractivity contribution >= 4 is 44.8 Å². The standard InChI is InChI=1S/C19H20N2O4S2/c1-13-12-26-17-8-7-15(11-16(17)21-19(13)23)27(24,25)10-9-18(22)20-14-5-3-2-4-6-14/h2-8,11,13H,9-10,12H2,1H3,(H,20,22)(H,21,23). The Kier molecular flexibility index (Phi) is 5.86. The summed E-state index contributed by atoms with van der Waals surface area (Å²) in [5, 5.41) is 5.45. The minimum atomic E-state index is -3.65. The molecule has 0 radical (unpaired) electrons. The van der Waals surface area contributed by atoms with Crippen molar-refractivity contribution in [2.75, 3.05) is 22.1 Å². The van der Waals surface area contributed by atoms with Crippen LogP contribution >= 0.6 is 11.8 Å². The topological polar surface area (TPSA) is 92.3 Å². The van der Waals surface area contributed by atoms with E-state index >= 15 is 0 Å². The van der Waals surface area contributed by atoms with Crippen molar-refractivity contribution in [3.05, 3.63) is 48.5 Å². The summed E-state index contributed by atoms with van der Waals surface area (Å²) >= 11 is 1.52. The van der Waals surface area contributed by atoms with Crippen LogP contribution in [0.2, 0.25) is 0 Å². The second kappa shape index (κ2) is 8.14. The molecule has 8 heteroatoms. The van der Waals surface area contributed by atoms with Gasteiger partial charge in [0, 0.05) is 28.7 Å². The number of rotatable bonds is 5. The van der Waals surface area contributed by atoms with Gasteiger partial charge in [0.2, 0.25) is 11.8 Å². The number of sulfone groups is 1. The Morgan fingerprint density at radius 2 is 1.96 bits per heavy atom. The number of thioether (sulfide) groups is 1. The van der Waals surface area contributed by atoms with Crippen molar-refractivity contribution in [2.45, 2.75) is 23.1 Å². The molecule has 2 aromatic rings. The second-order valence-corrected chi connectivity index (χ2v) is 9.51. The number of nitrogens with one attached hydrogen (secondary N) is 2. The third-order valence-corrected chi connectivity index (χ3v) is 7.21. The van der Waals surface area contributed by atoms with Crippen LogP contribution in [0.15, 0.2) is 58.3 Å². The molecule has 1 heterocycles. The van der Waals surface area contributed by atoms with Crippen molar-refractivity contribution in [1.29, 1.82) is 0 Å². The first kappa shape index (κ1) is 19.4. The number of carbonyl (C=O) groups excluding carboxylic acids is 2. The molecule has 6 nitrogen and oxygen atoms in total. The van der Waals surface area contributed by atoms with E-state index < -0.39 is 9.84 Å². The fourth-order valence-corrected chi connectivity index (χ4v) is 4.84. The maximum atomic E-state index is 12.6. The van der Waals surface area contributed by atoms with Crippen LogP contribution in [-0.2, 0) is 19.4 Å². The summed E-state index contributed by atoms with van der Waals surface area (Å²) in [6.07, 6.45) is -0.146.